The molecular weight excluding hydrogens is 416 g/mol. The van der Waals surface area contributed by atoms with Gasteiger partial charge in [-0.15, -0.1) is 0 Å². The standard InChI is InChI=1S/C24H24N8O/c33-21(31-13-15-32(16-14-31)24-27-10-4-11-28-24)8-12-26-23-19-6-1-2-7-20(19)29-22(30-23)18-5-3-9-25-17-18/h1-7,9-11,17H,8,12-16H2,(H,26,29,30). The van der Waals surface area contributed by atoms with Crippen LogP contribution in [0.4, 0.5) is 11.8 Å². The van der Waals surface area contributed by atoms with Gasteiger partial charge in [0.25, 0.3) is 0 Å². The number of nitrogens with zero attached hydrogens (tertiary/aromatic N) is 7. The normalized spacial score (nSPS) is 13.8. The Balaban J connectivity index is 1.22. The van der Waals surface area contributed by atoms with Crippen LogP contribution in [0, 0.1) is 0 Å². The van der Waals surface area contributed by atoms with Crippen LogP contribution in [0.1, 0.15) is 6.42 Å². The Kier molecular flexibility index (Phi) is 6.01. The molecule has 33 heavy (non-hydrogen) atoms. The summed E-state index contributed by atoms with van der Waals surface area (Å²) in [6.45, 7) is 3.29. The fourth-order valence-corrected chi connectivity index (χ4v) is 3.89. The van der Waals surface area contributed by atoms with Crippen molar-refractivity contribution in [3.63, 3.8) is 0 Å². The minimum Gasteiger partial charge on any atom is -0.369 e. The van der Waals surface area contributed by atoms with Crippen molar-refractivity contribution >= 4 is 28.6 Å². The number of nitrogens with one attached hydrogen (secondary N) is 1. The molecule has 0 bridgehead atoms. The molecule has 166 valence electrons. The smallest absolute Gasteiger partial charge is 0.225 e. The van der Waals surface area contributed by atoms with E-state index in [0.29, 0.717) is 37.8 Å². The van der Waals surface area contributed by atoms with Gasteiger partial charge >= 0.3 is 0 Å². The number of carbonyl (C=O) groups is 1. The van der Waals surface area contributed by atoms with Crippen molar-refractivity contribution < 1.29 is 4.79 Å². The molecule has 0 saturated carbocycles. The molecule has 0 unspecified atom stereocenters. The molecule has 9 nitrogen and oxygen atoms in total. The van der Waals surface area contributed by atoms with E-state index in [0.717, 1.165) is 35.4 Å². The van der Waals surface area contributed by atoms with E-state index in [-0.39, 0.29) is 5.91 Å². The summed E-state index contributed by atoms with van der Waals surface area (Å²) >= 11 is 0. The molecule has 0 atom stereocenters. The molecule has 1 aliphatic heterocycles. The molecule has 9 heteroatoms. The maximum atomic E-state index is 12.8. The number of rotatable bonds is 6. The molecule has 5 rings (SSSR count). The number of para-hydroxylation sites is 1. The quantitative estimate of drug-likeness (QED) is 0.488. The van der Waals surface area contributed by atoms with E-state index in [1.165, 1.54) is 0 Å². The van der Waals surface area contributed by atoms with Crippen LogP contribution in [-0.2, 0) is 4.79 Å². The molecule has 0 radical (unpaired) electrons. The van der Waals surface area contributed by atoms with E-state index >= 15 is 0 Å². The molecule has 1 aliphatic rings. The lowest BCUT2D eigenvalue weighted by Gasteiger charge is -2.34. The lowest BCUT2D eigenvalue weighted by Crippen LogP contribution is -2.49. The molecule has 0 spiro atoms. The first-order valence-corrected chi connectivity index (χ1v) is 11.0. The fraction of sp³-hybridized carbons (Fsp3) is 0.250. The second-order valence-electron chi connectivity index (χ2n) is 7.75. The largest absolute Gasteiger partial charge is 0.369 e. The number of anilines is 2. The van der Waals surface area contributed by atoms with Gasteiger partial charge in [-0.3, -0.25) is 9.78 Å². The number of hydrogen-bond donors (Lipinski definition) is 1. The lowest BCUT2D eigenvalue weighted by molar-refractivity contribution is -0.131. The van der Waals surface area contributed by atoms with Gasteiger partial charge in [-0.25, -0.2) is 19.9 Å². The summed E-state index contributed by atoms with van der Waals surface area (Å²) in [6, 6.07) is 13.5. The van der Waals surface area contributed by atoms with Crippen LogP contribution in [0.2, 0.25) is 0 Å². The van der Waals surface area contributed by atoms with Gasteiger partial charge in [-0.05, 0) is 30.3 Å². The summed E-state index contributed by atoms with van der Waals surface area (Å²) in [5.41, 5.74) is 1.70. The van der Waals surface area contributed by atoms with Crippen LogP contribution in [-0.4, -0.2) is 68.5 Å². The van der Waals surface area contributed by atoms with Crippen molar-refractivity contribution in [1.29, 1.82) is 0 Å². The van der Waals surface area contributed by atoms with Gasteiger partial charge in [0.05, 0.1) is 5.52 Å². The highest BCUT2D eigenvalue weighted by atomic mass is 16.2. The van der Waals surface area contributed by atoms with Crippen LogP contribution in [0.5, 0.6) is 0 Å². The molecule has 0 aliphatic carbocycles. The zero-order valence-electron chi connectivity index (χ0n) is 18.1. The topological polar surface area (TPSA) is 100 Å². The number of pyridine rings is 1. The third-order valence-corrected chi connectivity index (χ3v) is 5.62. The number of hydrogen-bond acceptors (Lipinski definition) is 8. The summed E-state index contributed by atoms with van der Waals surface area (Å²) in [5.74, 6) is 2.17. The van der Waals surface area contributed by atoms with Crippen LogP contribution >= 0.6 is 0 Å². The number of aromatic nitrogens is 5. The van der Waals surface area contributed by atoms with Gasteiger partial charge in [-0.2, -0.15) is 0 Å². The second-order valence-corrected chi connectivity index (χ2v) is 7.75. The van der Waals surface area contributed by atoms with Gasteiger partial charge in [0.2, 0.25) is 11.9 Å². The van der Waals surface area contributed by atoms with Crippen LogP contribution in [0.15, 0.2) is 67.3 Å². The van der Waals surface area contributed by atoms with Gasteiger partial charge in [0.15, 0.2) is 5.82 Å². The van der Waals surface area contributed by atoms with Crippen LogP contribution < -0.4 is 10.2 Å². The Labute approximate surface area is 191 Å². The average Bonchev–Trinajstić information content (AvgIpc) is 2.89. The van der Waals surface area contributed by atoms with Gasteiger partial charge in [-0.1, -0.05) is 12.1 Å². The number of piperazine rings is 1. The zero-order valence-corrected chi connectivity index (χ0v) is 18.1. The summed E-state index contributed by atoms with van der Waals surface area (Å²) in [6.07, 6.45) is 7.34. The molecule has 1 aromatic carbocycles. The van der Waals surface area contributed by atoms with Crippen molar-refractivity contribution in [3.05, 3.63) is 67.3 Å². The highest BCUT2D eigenvalue weighted by Gasteiger charge is 2.22. The van der Waals surface area contributed by atoms with Crippen molar-refractivity contribution in [2.45, 2.75) is 6.42 Å². The Morgan fingerprint density at radius 3 is 2.52 bits per heavy atom. The Morgan fingerprint density at radius 2 is 1.73 bits per heavy atom. The maximum Gasteiger partial charge on any atom is 0.225 e. The minimum atomic E-state index is 0.127. The maximum absolute atomic E-state index is 12.8. The molecule has 1 fully saturated rings. The van der Waals surface area contributed by atoms with Gasteiger partial charge in [0.1, 0.15) is 5.82 Å². The van der Waals surface area contributed by atoms with Gasteiger partial charge < -0.3 is 15.1 Å². The first-order chi connectivity index (χ1) is 16.3. The van der Waals surface area contributed by atoms with Crippen LogP contribution in [0.3, 0.4) is 0 Å². The first kappa shape index (κ1) is 20.7. The van der Waals surface area contributed by atoms with E-state index < -0.39 is 0 Å². The third kappa shape index (κ3) is 4.72. The van der Waals surface area contributed by atoms with Crippen molar-refractivity contribution in [3.8, 4) is 11.4 Å². The highest BCUT2D eigenvalue weighted by Crippen LogP contribution is 2.24. The lowest BCUT2D eigenvalue weighted by atomic mass is 10.2. The molecule has 4 aromatic rings. The van der Waals surface area contributed by atoms with E-state index in [4.69, 9.17) is 4.98 Å². The first-order valence-electron chi connectivity index (χ1n) is 11.0. The second kappa shape index (κ2) is 9.56. The molecule has 1 saturated heterocycles. The van der Waals surface area contributed by atoms with E-state index in [1.54, 1.807) is 30.9 Å². The summed E-state index contributed by atoms with van der Waals surface area (Å²) in [7, 11) is 0. The van der Waals surface area contributed by atoms with E-state index in [1.807, 2.05) is 41.3 Å². The van der Waals surface area contributed by atoms with Crippen molar-refractivity contribution in [2.24, 2.45) is 0 Å². The SMILES string of the molecule is O=C(CCNc1nc(-c2cccnc2)nc2ccccc12)N1CCN(c2ncccn2)CC1. The van der Waals surface area contributed by atoms with E-state index in [2.05, 4.69) is 30.2 Å². The molecule has 4 heterocycles. The molecule has 3 aromatic heterocycles. The molecule has 1 N–H and O–H groups in total. The number of fused-ring (bicyclic) bond motifs is 1. The van der Waals surface area contributed by atoms with Crippen LogP contribution in [0.25, 0.3) is 22.3 Å². The Morgan fingerprint density at radius 1 is 0.909 bits per heavy atom. The van der Waals surface area contributed by atoms with E-state index in [9.17, 15) is 4.79 Å². The number of carbonyl (C=O) groups excluding carboxylic acids is 1. The summed E-state index contributed by atoms with van der Waals surface area (Å²) in [5, 5.41) is 4.28. The zero-order chi connectivity index (χ0) is 22.5. The number of benzene rings is 1. The predicted octanol–water partition coefficient (Wildman–Crippen LogP) is 2.63. The minimum absolute atomic E-state index is 0.127. The monoisotopic (exact) mass is 440 g/mol. The molecule has 1 amide bonds. The van der Waals surface area contributed by atoms with Crippen molar-refractivity contribution in [1.82, 2.24) is 29.8 Å². The average molecular weight is 441 g/mol. The molecular formula is C24H24N8O. The number of amides is 1. The van der Waals surface area contributed by atoms with Crippen molar-refractivity contribution in [2.75, 3.05) is 42.9 Å². The summed E-state index contributed by atoms with van der Waals surface area (Å²) in [4.78, 5) is 38.9. The summed E-state index contributed by atoms with van der Waals surface area (Å²) < 4.78 is 0. The van der Waals surface area contributed by atoms with Gasteiger partial charge in [0, 0.05) is 74.9 Å². The predicted molar refractivity (Wildman–Crippen MR) is 127 cm³/mol. The Bertz CT molecular complexity index is 1230. The highest BCUT2D eigenvalue weighted by molar-refractivity contribution is 5.90. The fourth-order valence-electron chi connectivity index (χ4n) is 3.89. The Hall–Kier alpha value is -4.14. The third-order valence-electron chi connectivity index (χ3n) is 5.62.